The van der Waals surface area contributed by atoms with Crippen molar-refractivity contribution in [2.24, 2.45) is 0 Å². The molecule has 1 nitrogen and oxygen atoms in total. The maximum atomic E-state index is 3.44. The van der Waals surface area contributed by atoms with Crippen molar-refractivity contribution in [2.45, 2.75) is 26.2 Å². The largest absolute Gasteiger partial charge is 0.316 e. The minimum Gasteiger partial charge on any atom is -0.316 e. The zero-order chi connectivity index (χ0) is 12.3. The Morgan fingerprint density at radius 2 is 1.71 bits per heavy atom. The van der Waals surface area contributed by atoms with Gasteiger partial charge in [0, 0.05) is 12.0 Å². The number of nitrogens with one attached hydrogen (secondary N) is 1. The monoisotopic (exact) mass is 227 g/mol. The molecule has 17 heavy (non-hydrogen) atoms. The van der Waals surface area contributed by atoms with Gasteiger partial charge in [-0.1, -0.05) is 63.2 Å². The number of hydrogen-bond donors (Lipinski definition) is 1. The van der Waals surface area contributed by atoms with Gasteiger partial charge in [-0.05, 0) is 22.9 Å². The van der Waals surface area contributed by atoms with E-state index in [1.165, 1.54) is 16.3 Å². The van der Waals surface area contributed by atoms with Gasteiger partial charge in [0.1, 0.15) is 0 Å². The zero-order valence-electron chi connectivity index (χ0n) is 11.0. The summed E-state index contributed by atoms with van der Waals surface area (Å²) in [5, 5.41) is 6.08. The topological polar surface area (TPSA) is 12.0 Å². The van der Waals surface area contributed by atoms with Gasteiger partial charge < -0.3 is 5.32 Å². The number of fused-ring (bicyclic) bond motifs is 1. The molecule has 0 heterocycles. The summed E-state index contributed by atoms with van der Waals surface area (Å²) in [6.07, 6.45) is 0. The summed E-state index contributed by atoms with van der Waals surface area (Å²) in [5.74, 6) is 0. The van der Waals surface area contributed by atoms with E-state index in [0.717, 1.165) is 13.1 Å². The average Bonchev–Trinajstić information content (AvgIpc) is 2.36. The molecule has 0 bridgehead atoms. The molecule has 0 radical (unpaired) electrons. The number of benzene rings is 2. The molecule has 2 rings (SSSR count). The van der Waals surface area contributed by atoms with Crippen LogP contribution < -0.4 is 5.32 Å². The lowest BCUT2D eigenvalue weighted by molar-refractivity contribution is 0.478. The Bertz CT molecular complexity index is 500. The van der Waals surface area contributed by atoms with Crippen molar-refractivity contribution in [1.29, 1.82) is 0 Å². The van der Waals surface area contributed by atoms with Crippen LogP contribution in [0.2, 0.25) is 0 Å². The van der Waals surface area contributed by atoms with Crippen LogP contribution in [0.5, 0.6) is 0 Å². The SMILES string of the molecule is CCNCC(C)(C)c1ccc2ccccc2c1. The first-order chi connectivity index (χ1) is 8.13. The number of rotatable bonds is 4. The fraction of sp³-hybridized carbons (Fsp3) is 0.375. The van der Waals surface area contributed by atoms with Gasteiger partial charge in [0.25, 0.3) is 0 Å². The predicted molar refractivity (Wildman–Crippen MR) is 75.5 cm³/mol. The molecule has 0 spiro atoms. The Labute approximate surface area is 104 Å². The van der Waals surface area contributed by atoms with Crippen molar-refractivity contribution >= 4 is 10.8 Å². The van der Waals surface area contributed by atoms with Crippen LogP contribution in [0.1, 0.15) is 26.3 Å². The Morgan fingerprint density at radius 1 is 1.00 bits per heavy atom. The number of hydrogen-bond acceptors (Lipinski definition) is 1. The summed E-state index contributed by atoms with van der Waals surface area (Å²) >= 11 is 0. The summed E-state index contributed by atoms with van der Waals surface area (Å²) in [5.41, 5.74) is 1.58. The maximum absolute atomic E-state index is 3.44. The molecule has 0 saturated heterocycles. The predicted octanol–water partition coefficient (Wildman–Crippen LogP) is 3.73. The average molecular weight is 227 g/mol. The van der Waals surface area contributed by atoms with E-state index in [9.17, 15) is 0 Å². The molecule has 0 amide bonds. The fourth-order valence-corrected chi connectivity index (χ4v) is 2.15. The Hall–Kier alpha value is -1.34. The van der Waals surface area contributed by atoms with Gasteiger partial charge in [0.05, 0.1) is 0 Å². The van der Waals surface area contributed by atoms with Crippen LogP contribution in [0, 0.1) is 0 Å². The van der Waals surface area contributed by atoms with Crippen LogP contribution >= 0.6 is 0 Å². The quantitative estimate of drug-likeness (QED) is 0.839. The van der Waals surface area contributed by atoms with Crippen molar-refractivity contribution < 1.29 is 0 Å². The highest BCUT2D eigenvalue weighted by Gasteiger charge is 2.19. The summed E-state index contributed by atoms with van der Waals surface area (Å²) in [7, 11) is 0. The molecular formula is C16H21N. The van der Waals surface area contributed by atoms with Gasteiger partial charge in [-0.3, -0.25) is 0 Å². The summed E-state index contributed by atoms with van der Waals surface area (Å²) in [6.45, 7) is 8.77. The lowest BCUT2D eigenvalue weighted by Gasteiger charge is -2.26. The molecule has 0 saturated carbocycles. The molecule has 0 unspecified atom stereocenters. The molecule has 0 atom stereocenters. The number of likely N-dealkylation sites (N-methyl/N-ethyl adjacent to an activating group) is 1. The van der Waals surface area contributed by atoms with Crippen LogP contribution in [0.3, 0.4) is 0 Å². The van der Waals surface area contributed by atoms with E-state index in [0.29, 0.717) is 0 Å². The van der Waals surface area contributed by atoms with E-state index in [4.69, 9.17) is 0 Å². The highest BCUT2D eigenvalue weighted by atomic mass is 14.9. The smallest absolute Gasteiger partial charge is 0.00430 e. The van der Waals surface area contributed by atoms with Gasteiger partial charge in [-0.25, -0.2) is 0 Å². The van der Waals surface area contributed by atoms with Gasteiger partial charge in [0.15, 0.2) is 0 Å². The molecule has 2 aromatic rings. The summed E-state index contributed by atoms with van der Waals surface area (Å²) in [4.78, 5) is 0. The zero-order valence-corrected chi connectivity index (χ0v) is 11.0. The minimum absolute atomic E-state index is 0.181. The van der Waals surface area contributed by atoms with Crippen LogP contribution in [-0.4, -0.2) is 13.1 Å². The Morgan fingerprint density at radius 3 is 2.41 bits per heavy atom. The third kappa shape index (κ3) is 2.67. The molecule has 90 valence electrons. The van der Waals surface area contributed by atoms with Crippen LogP contribution in [0.15, 0.2) is 42.5 Å². The first-order valence-corrected chi connectivity index (χ1v) is 6.33. The van der Waals surface area contributed by atoms with Crippen molar-refractivity contribution in [2.75, 3.05) is 13.1 Å². The lowest BCUT2D eigenvalue weighted by Crippen LogP contribution is -2.32. The third-order valence-corrected chi connectivity index (χ3v) is 3.35. The Kier molecular flexibility index (Phi) is 3.49. The molecule has 2 aromatic carbocycles. The highest BCUT2D eigenvalue weighted by molar-refractivity contribution is 5.83. The summed E-state index contributed by atoms with van der Waals surface area (Å²) in [6, 6.07) is 15.3. The van der Waals surface area contributed by atoms with Crippen molar-refractivity contribution in [3.63, 3.8) is 0 Å². The van der Waals surface area contributed by atoms with E-state index < -0.39 is 0 Å². The van der Waals surface area contributed by atoms with Gasteiger partial charge in [-0.2, -0.15) is 0 Å². The van der Waals surface area contributed by atoms with Gasteiger partial charge >= 0.3 is 0 Å². The fourth-order valence-electron chi connectivity index (χ4n) is 2.15. The second-order valence-electron chi connectivity index (χ2n) is 5.23. The van der Waals surface area contributed by atoms with Crippen LogP contribution in [0.4, 0.5) is 0 Å². The van der Waals surface area contributed by atoms with Crippen molar-refractivity contribution in [3.05, 3.63) is 48.0 Å². The Balaban J connectivity index is 2.35. The molecule has 0 aliphatic rings. The van der Waals surface area contributed by atoms with Crippen LogP contribution in [-0.2, 0) is 5.41 Å². The third-order valence-electron chi connectivity index (χ3n) is 3.35. The van der Waals surface area contributed by atoms with Crippen molar-refractivity contribution in [1.82, 2.24) is 5.32 Å². The standard InChI is InChI=1S/C16H21N/c1-4-17-12-16(2,3)15-10-9-13-7-5-6-8-14(13)11-15/h5-11,17H,4,12H2,1-3H3. The highest BCUT2D eigenvalue weighted by Crippen LogP contribution is 2.26. The molecule has 1 heteroatoms. The van der Waals surface area contributed by atoms with E-state index in [-0.39, 0.29) is 5.41 Å². The molecule has 0 aliphatic heterocycles. The molecular weight excluding hydrogens is 206 g/mol. The van der Waals surface area contributed by atoms with Gasteiger partial charge in [0.2, 0.25) is 0 Å². The second kappa shape index (κ2) is 4.89. The lowest BCUT2D eigenvalue weighted by atomic mass is 9.83. The second-order valence-corrected chi connectivity index (χ2v) is 5.23. The first-order valence-electron chi connectivity index (χ1n) is 6.33. The first kappa shape index (κ1) is 12.1. The summed E-state index contributed by atoms with van der Waals surface area (Å²) < 4.78 is 0. The normalized spacial score (nSPS) is 11.9. The van der Waals surface area contributed by atoms with Crippen LogP contribution in [0.25, 0.3) is 10.8 Å². The molecule has 0 aliphatic carbocycles. The van der Waals surface area contributed by atoms with E-state index in [1.54, 1.807) is 0 Å². The van der Waals surface area contributed by atoms with E-state index >= 15 is 0 Å². The minimum atomic E-state index is 0.181. The molecule has 1 N–H and O–H groups in total. The molecule has 0 fully saturated rings. The van der Waals surface area contributed by atoms with E-state index in [2.05, 4.69) is 68.6 Å². The van der Waals surface area contributed by atoms with Crippen molar-refractivity contribution in [3.8, 4) is 0 Å². The maximum Gasteiger partial charge on any atom is 0.00430 e. The molecule has 0 aromatic heterocycles. The van der Waals surface area contributed by atoms with Gasteiger partial charge in [-0.15, -0.1) is 0 Å². The van der Waals surface area contributed by atoms with E-state index in [1.807, 2.05) is 0 Å².